The fourth-order valence-electron chi connectivity index (χ4n) is 1.68. The third-order valence-corrected chi connectivity index (χ3v) is 2.55. The lowest BCUT2D eigenvalue weighted by molar-refractivity contribution is 0.0718. The van der Waals surface area contributed by atoms with Crippen LogP contribution < -0.4 is 0 Å². The number of nitrogens with zero attached hydrogens (tertiary/aromatic N) is 3. The first-order chi connectivity index (χ1) is 7.31. The average molecular weight is 207 g/mol. The van der Waals surface area contributed by atoms with Crippen molar-refractivity contribution in [3.8, 4) is 0 Å². The van der Waals surface area contributed by atoms with Crippen molar-refractivity contribution in [2.75, 3.05) is 20.2 Å². The largest absolute Gasteiger partial charge is 0.380 e. The first kappa shape index (κ1) is 10.0. The molecule has 0 radical (unpaired) electrons. The van der Waals surface area contributed by atoms with Gasteiger partial charge in [0.25, 0.3) is 5.91 Å². The highest BCUT2D eigenvalue weighted by Gasteiger charge is 2.27. The summed E-state index contributed by atoms with van der Waals surface area (Å²) in [7, 11) is 1.67. The molecule has 1 unspecified atom stereocenters. The van der Waals surface area contributed by atoms with E-state index in [4.69, 9.17) is 4.74 Å². The van der Waals surface area contributed by atoms with Crippen molar-refractivity contribution in [1.29, 1.82) is 0 Å². The lowest BCUT2D eigenvalue weighted by atomic mass is 10.3. The molecule has 1 fully saturated rings. The molecule has 1 aromatic heterocycles. The van der Waals surface area contributed by atoms with E-state index in [9.17, 15) is 4.79 Å². The molecule has 0 aliphatic carbocycles. The van der Waals surface area contributed by atoms with E-state index in [1.165, 1.54) is 12.4 Å². The number of carbonyl (C=O) groups is 1. The van der Waals surface area contributed by atoms with Gasteiger partial charge in [-0.2, -0.15) is 0 Å². The fraction of sp³-hybridized carbons (Fsp3) is 0.500. The summed E-state index contributed by atoms with van der Waals surface area (Å²) in [4.78, 5) is 21.5. The number of likely N-dealkylation sites (tertiary alicyclic amines) is 1. The molecule has 5 nitrogen and oxygen atoms in total. The normalized spacial score (nSPS) is 20.6. The van der Waals surface area contributed by atoms with Gasteiger partial charge in [0, 0.05) is 32.6 Å². The van der Waals surface area contributed by atoms with Crippen molar-refractivity contribution in [1.82, 2.24) is 14.9 Å². The minimum Gasteiger partial charge on any atom is -0.380 e. The molecule has 15 heavy (non-hydrogen) atoms. The summed E-state index contributed by atoms with van der Waals surface area (Å²) < 4.78 is 5.20. The van der Waals surface area contributed by atoms with Gasteiger partial charge in [-0.15, -0.1) is 0 Å². The van der Waals surface area contributed by atoms with Gasteiger partial charge >= 0.3 is 0 Å². The lowest BCUT2D eigenvalue weighted by Gasteiger charge is -2.14. The zero-order valence-electron chi connectivity index (χ0n) is 8.59. The van der Waals surface area contributed by atoms with Gasteiger partial charge in [-0.25, -0.2) is 4.98 Å². The molecule has 1 aliphatic heterocycles. The van der Waals surface area contributed by atoms with E-state index in [1.807, 2.05) is 0 Å². The summed E-state index contributed by atoms with van der Waals surface area (Å²) >= 11 is 0. The number of methoxy groups -OCH3 is 1. The molecule has 1 amide bonds. The molecular weight excluding hydrogens is 194 g/mol. The third-order valence-electron chi connectivity index (χ3n) is 2.55. The highest BCUT2D eigenvalue weighted by molar-refractivity contribution is 5.92. The first-order valence-corrected chi connectivity index (χ1v) is 4.89. The van der Waals surface area contributed by atoms with Gasteiger partial charge in [-0.3, -0.25) is 9.78 Å². The molecule has 0 spiro atoms. The summed E-state index contributed by atoms with van der Waals surface area (Å²) in [5.41, 5.74) is 0.397. The molecule has 2 heterocycles. The maximum Gasteiger partial charge on any atom is 0.274 e. The number of rotatable bonds is 2. The van der Waals surface area contributed by atoms with Crippen molar-refractivity contribution in [3.63, 3.8) is 0 Å². The van der Waals surface area contributed by atoms with Gasteiger partial charge in [0.15, 0.2) is 0 Å². The summed E-state index contributed by atoms with van der Waals surface area (Å²) in [6, 6.07) is 0. The first-order valence-electron chi connectivity index (χ1n) is 4.89. The van der Waals surface area contributed by atoms with E-state index in [0.717, 1.165) is 13.0 Å². The Balaban J connectivity index is 2.04. The third kappa shape index (κ3) is 2.12. The molecular formula is C10H13N3O2. The van der Waals surface area contributed by atoms with Gasteiger partial charge in [0.05, 0.1) is 12.3 Å². The zero-order valence-corrected chi connectivity index (χ0v) is 8.59. The molecule has 1 atom stereocenters. The van der Waals surface area contributed by atoms with Gasteiger partial charge in [-0.05, 0) is 6.42 Å². The Morgan fingerprint density at radius 1 is 1.60 bits per heavy atom. The molecule has 0 saturated carbocycles. The standard InChI is InChI=1S/C10H13N3O2/c1-15-8-2-5-13(7-8)10(14)9-6-11-3-4-12-9/h3-4,6,8H,2,5,7H2,1H3. The number of hydrogen-bond donors (Lipinski definition) is 0. The second-order valence-corrected chi connectivity index (χ2v) is 3.49. The van der Waals surface area contributed by atoms with Crippen molar-refractivity contribution in [3.05, 3.63) is 24.3 Å². The van der Waals surface area contributed by atoms with E-state index in [-0.39, 0.29) is 12.0 Å². The van der Waals surface area contributed by atoms with Crippen LogP contribution in [0.3, 0.4) is 0 Å². The number of carbonyl (C=O) groups excluding carboxylic acids is 1. The fourth-order valence-corrected chi connectivity index (χ4v) is 1.68. The number of hydrogen-bond acceptors (Lipinski definition) is 4. The Morgan fingerprint density at radius 3 is 3.07 bits per heavy atom. The van der Waals surface area contributed by atoms with Crippen LogP contribution >= 0.6 is 0 Å². The molecule has 1 aliphatic rings. The summed E-state index contributed by atoms with van der Waals surface area (Å²) in [6.45, 7) is 1.37. The van der Waals surface area contributed by atoms with E-state index < -0.39 is 0 Å². The van der Waals surface area contributed by atoms with Crippen molar-refractivity contribution >= 4 is 5.91 Å². The minimum absolute atomic E-state index is 0.0670. The van der Waals surface area contributed by atoms with Gasteiger partial charge in [-0.1, -0.05) is 0 Å². The molecule has 2 rings (SSSR count). The number of ether oxygens (including phenoxy) is 1. The van der Waals surface area contributed by atoms with E-state index in [1.54, 1.807) is 18.2 Å². The number of amides is 1. The monoisotopic (exact) mass is 207 g/mol. The molecule has 0 bridgehead atoms. The maximum atomic E-state index is 11.9. The van der Waals surface area contributed by atoms with Crippen LogP contribution in [0.15, 0.2) is 18.6 Å². The topological polar surface area (TPSA) is 55.3 Å². The molecule has 0 aromatic carbocycles. The van der Waals surface area contributed by atoms with Crippen molar-refractivity contribution < 1.29 is 9.53 Å². The second kappa shape index (κ2) is 4.35. The Kier molecular flexibility index (Phi) is 2.91. The SMILES string of the molecule is COC1CCN(C(=O)c2cnccn2)C1. The highest BCUT2D eigenvalue weighted by atomic mass is 16.5. The quantitative estimate of drug-likeness (QED) is 0.701. The van der Waals surface area contributed by atoms with Crippen LogP contribution in [0, 0.1) is 0 Å². The maximum absolute atomic E-state index is 11.9. The minimum atomic E-state index is -0.0670. The lowest BCUT2D eigenvalue weighted by Crippen LogP contribution is -2.30. The van der Waals surface area contributed by atoms with Gasteiger partial charge in [0.1, 0.15) is 5.69 Å². The van der Waals surface area contributed by atoms with Crippen molar-refractivity contribution in [2.45, 2.75) is 12.5 Å². The van der Waals surface area contributed by atoms with E-state index >= 15 is 0 Å². The Hall–Kier alpha value is -1.49. The summed E-state index contributed by atoms with van der Waals surface area (Å²) in [5, 5.41) is 0. The zero-order chi connectivity index (χ0) is 10.7. The molecule has 0 N–H and O–H groups in total. The molecule has 1 saturated heterocycles. The van der Waals surface area contributed by atoms with Crippen LogP contribution in [0.25, 0.3) is 0 Å². The van der Waals surface area contributed by atoms with Crippen LogP contribution in [0.4, 0.5) is 0 Å². The molecule has 5 heteroatoms. The van der Waals surface area contributed by atoms with Crippen molar-refractivity contribution in [2.24, 2.45) is 0 Å². The van der Waals surface area contributed by atoms with Crippen LogP contribution in [0.2, 0.25) is 0 Å². The smallest absolute Gasteiger partial charge is 0.274 e. The number of aromatic nitrogens is 2. The van der Waals surface area contributed by atoms with Crippen LogP contribution in [-0.4, -0.2) is 47.1 Å². The van der Waals surface area contributed by atoms with Gasteiger partial charge in [0.2, 0.25) is 0 Å². The van der Waals surface area contributed by atoms with E-state index in [0.29, 0.717) is 12.2 Å². The Bertz CT molecular complexity index is 342. The summed E-state index contributed by atoms with van der Waals surface area (Å²) in [5.74, 6) is -0.0670. The molecule has 80 valence electrons. The van der Waals surface area contributed by atoms with E-state index in [2.05, 4.69) is 9.97 Å². The Labute approximate surface area is 88.1 Å². The Morgan fingerprint density at radius 2 is 2.47 bits per heavy atom. The predicted molar refractivity (Wildman–Crippen MR) is 53.3 cm³/mol. The average Bonchev–Trinajstić information content (AvgIpc) is 2.78. The second-order valence-electron chi connectivity index (χ2n) is 3.49. The van der Waals surface area contributed by atoms with Crippen LogP contribution in [0.1, 0.15) is 16.9 Å². The summed E-state index contributed by atoms with van der Waals surface area (Å²) in [6.07, 6.45) is 5.62. The predicted octanol–water partition coefficient (Wildman–Crippen LogP) is 0.337. The molecule has 1 aromatic rings. The van der Waals surface area contributed by atoms with Crippen LogP contribution in [0.5, 0.6) is 0 Å². The highest BCUT2D eigenvalue weighted by Crippen LogP contribution is 2.13. The van der Waals surface area contributed by atoms with Gasteiger partial charge < -0.3 is 9.64 Å². The van der Waals surface area contributed by atoms with Crippen LogP contribution in [-0.2, 0) is 4.74 Å².